The smallest absolute Gasteiger partial charge is 0.316 e. The highest BCUT2D eigenvalue weighted by Gasteiger charge is 2.36. The summed E-state index contributed by atoms with van der Waals surface area (Å²) >= 11 is 1.03. The number of imide groups is 1. The molecule has 1 fully saturated rings. The molecule has 1 aliphatic rings. The van der Waals surface area contributed by atoms with Crippen LogP contribution in [0.3, 0.4) is 0 Å². The Labute approximate surface area is 233 Å². The van der Waals surface area contributed by atoms with E-state index in [1.807, 2.05) is 19.9 Å². The number of hydrogen-bond donors (Lipinski definition) is 2. The van der Waals surface area contributed by atoms with Gasteiger partial charge in [0.2, 0.25) is 17.7 Å². The van der Waals surface area contributed by atoms with Crippen molar-refractivity contribution in [2.75, 3.05) is 5.75 Å². The SMILES string of the molecule is CC(C)C[C@H](C(=O)NC(=O)[C@@H]1CCCC[C@@H]1NC(=O)c1ccccc1)c1nnc(SCC(=O)OC(C)(C)C)o1. The van der Waals surface area contributed by atoms with Gasteiger partial charge in [-0.2, -0.15) is 0 Å². The number of rotatable bonds is 10. The maximum Gasteiger partial charge on any atom is 0.316 e. The summed E-state index contributed by atoms with van der Waals surface area (Å²) in [5.74, 6) is -2.81. The molecule has 1 aliphatic carbocycles. The summed E-state index contributed by atoms with van der Waals surface area (Å²) in [6.07, 6.45) is 3.33. The first kappa shape index (κ1) is 30.3. The van der Waals surface area contributed by atoms with Gasteiger partial charge in [-0.15, -0.1) is 10.2 Å². The highest BCUT2D eigenvalue weighted by molar-refractivity contribution is 7.99. The molecule has 1 aromatic carbocycles. The number of thioether (sulfide) groups is 1. The molecule has 0 saturated heterocycles. The average molecular weight is 559 g/mol. The standard InChI is InChI=1S/C28H38N4O6S/c1-17(2)15-20(26-31-32-27(37-26)39-16-22(33)38-28(3,4)5)25(36)30-24(35)19-13-9-10-14-21(19)29-23(34)18-11-7-6-8-12-18/h6-8,11-12,17,19-21H,9-10,13-16H2,1-5H3,(H,29,34)(H,30,35,36)/t19-,20-,21+/m1/s1. The van der Waals surface area contributed by atoms with Crippen molar-refractivity contribution >= 4 is 35.5 Å². The Morgan fingerprint density at radius 1 is 1.08 bits per heavy atom. The van der Waals surface area contributed by atoms with Crippen molar-refractivity contribution < 1.29 is 28.3 Å². The fourth-order valence-corrected chi connectivity index (χ4v) is 5.01. The van der Waals surface area contributed by atoms with E-state index in [9.17, 15) is 19.2 Å². The number of esters is 1. The van der Waals surface area contributed by atoms with Crippen LogP contribution in [-0.2, 0) is 19.1 Å². The van der Waals surface area contributed by atoms with Crippen LogP contribution >= 0.6 is 11.8 Å². The Balaban J connectivity index is 1.65. The molecule has 1 saturated carbocycles. The van der Waals surface area contributed by atoms with Crippen molar-refractivity contribution in [3.63, 3.8) is 0 Å². The minimum absolute atomic E-state index is 0.0177. The van der Waals surface area contributed by atoms with Gasteiger partial charge in [-0.3, -0.25) is 24.5 Å². The van der Waals surface area contributed by atoms with Gasteiger partial charge in [-0.1, -0.05) is 56.7 Å². The Morgan fingerprint density at radius 3 is 2.44 bits per heavy atom. The third-order valence-electron chi connectivity index (χ3n) is 6.18. The highest BCUT2D eigenvalue weighted by atomic mass is 32.2. The zero-order valence-corrected chi connectivity index (χ0v) is 24.0. The largest absolute Gasteiger partial charge is 0.459 e. The molecule has 0 aliphatic heterocycles. The van der Waals surface area contributed by atoms with Crippen LogP contribution in [-0.4, -0.2) is 51.3 Å². The minimum Gasteiger partial charge on any atom is -0.459 e. The molecule has 2 N–H and O–H groups in total. The molecular formula is C28H38N4O6S. The number of nitrogens with zero attached hydrogens (tertiary/aromatic N) is 2. The molecular weight excluding hydrogens is 520 g/mol. The molecule has 10 nitrogen and oxygen atoms in total. The first-order chi connectivity index (χ1) is 18.4. The van der Waals surface area contributed by atoms with Crippen LogP contribution < -0.4 is 10.6 Å². The van der Waals surface area contributed by atoms with E-state index >= 15 is 0 Å². The summed E-state index contributed by atoms with van der Waals surface area (Å²) in [5.41, 5.74) is -0.0844. The predicted octanol–water partition coefficient (Wildman–Crippen LogP) is 4.26. The van der Waals surface area contributed by atoms with Crippen LogP contribution in [0, 0.1) is 11.8 Å². The van der Waals surface area contributed by atoms with E-state index in [4.69, 9.17) is 9.15 Å². The van der Waals surface area contributed by atoms with Gasteiger partial charge >= 0.3 is 5.97 Å². The molecule has 3 atom stereocenters. The molecule has 0 spiro atoms. The first-order valence-electron chi connectivity index (χ1n) is 13.3. The van der Waals surface area contributed by atoms with Gasteiger partial charge in [0.1, 0.15) is 17.3 Å². The van der Waals surface area contributed by atoms with Crippen molar-refractivity contribution in [1.29, 1.82) is 0 Å². The highest BCUT2D eigenvalue weighted by Crippen LogP contribution is 2.28. The van der Waals surface area contributed by atoms with Crippen LogP contribution in [0.4, 0.5) is 0 Å². The Morgan fingerprint density at radius 2 is 1.77 bits per heavy atom. The van der Waals surface area contributed by atoms with Gasteiger partial charge in [0, 0.05) is 11.6 Å². The topological polar surface area (TPSA) is 140 Å². The van der Waals surface area contributed by atoms with E-state index in [-0.39, 0.29) is 34.7 Å². The second-order valence-electron chi connectivity index (χ2n) is 11.2. The van der Waals surface area contributed by atoms with E-state index in [0.29, 0.717) is 24.8 Å². The summed E-state index contributed by atoms with van der Waals surface area (Å²) in [7, 11) is 0. The van der Waals surface area contributed by atoms with E-state index in [0.717, 1.165) is 24.6 Å². The number of benzene rings is 1. The number of nitrogens with one attached hydrogen (secondary N) is 2. The number of carbonyl (C=O) groups is 4. The van der Waals surface area contributed by atoms with Crippen LogP contribution in [0.1, 0.15) is 88.9 Å². The molecule has 2 aromatic rings. The van der Waals surface area contributed by atoms with Crippen molar-refractivity contribution in [2.45, 2.75) is 89.5 Å². The van der Waals surface area contributed by atoms with Crippen LogP contribution in [0.5, 0.6) is 0 Å². The number of carbonyl (C=O) groups excluding carboxylic acids is 4. The molecule has 0 radical (unpaired) electrons. The van der Waals surface area contributed by atoms with Gasteiger partial charge in [-0.25, -0.2) is 0 Å². The number of ether oxygens (including phenoxy) is 1. The van der Waals surface area contributed by atoms with Gasteiger partial charge in [0.15, 0.2) is 0 Å². The Hall–Kier alpha value is -3.21. The molecule has 3 rings (SSSR count). The Bertz CT molecular complexity index is 1140. The lowest BCUT2D eigenvalue weighted by atomic mass is 9.83. The van der Waals surface area contributed by atoms with E-state index in [1.54, 1.807) is 45.0 Å². The van der Waals surface area contributed by atoms with E-state index in [2.05, 4.69) is 20.8 Å². The maximum absolute atomic E-state index is 13.3. The lowest BCUT2D eigenvalue weighted by Crippen LogP contribution is -2.50. The van der Waals surface area contributed by atoms with Crippen LogP contribution in [0.15, 0.2) is 40.0 Å². The summed E-state index contributed by atoms with van der Waals surface area (Å²) in [6, 6.07) is 8.47. The lowest BCUT2D eigenvalue weighted by Gasteiger charge is -2.31. The fourth-order valence-electron chi connectivity index (χ4n) is 4.46. The van der Waals surface area contributed by atoms with Gasteiger partial charge in [0.25, 0.3) is 11.1 Å². The van der Waals surface area contributed by atoms with Crippen molar-refractivity contribution in [1.82, 2.24) is 20.8 Å². The van der Waals surface area contributed by atoms with Crippen molar-refractivity contribution in [2.24, 2.45) is 11.8 Å². The zero-order valence-electron chi connectivity index (χ0n) is 23.2. The van der Waals surface area contributed by atoms with E-state index in [1.165, 1.54) is 0 Å². The molecule has 11 heteroatoms. The zero-order chi connectivity index (χ0) is 28.6. The van der Waals surface area contributed by atoms with Gasteiger partial charge < -0.3 is 14.5 Å². The molecule has 39 heavy (non-hydrogen) atoms. The second kappa shape index (κ2) is 13.7. The van der Waals surface area contributed by atoms with Crippen molar-refractivity contribution in [3.8, 4) is 0 Å². The molecule has 1 heterocycles. The Kier molecular flexibility index (Phi) is 10.7. The number of amides is 3. The van der Waals surface area contributed by atoms with E-state index < -0.39 is 35.2 Å². The molecule has 0 unspecified atom stereocenters. The van der Waals surface area contributed by atoms with Gasteiger partial charge in [-0.05, 0) is 58.1 Å². The molecule has 0 bridgehead atoms. The fraction of sp³-hybridized carbons (Fsp3) is 0.571. The molecule has 212 valence electrons. The summed E-state index contributed by atoms with van der Waals surface area (Å²) in [6.45, 7) is 9.25. The van der Waals surface area contributed by atoms with Gasteiger partial charge in [0.05, 0.1) is 5.92 Å². The quantitative estimate of drug-likeness (QED) is 0.323. The van der Waals surface area contributed by atoms with Crippen molar-refractivity contribution in [3.05, 3.63) is 41.8 Å². The monoisotopic (exact) mass is 558 g/mol. The summed E-state index contributed by atoms with van der Waals surface area (Å²) in [4.78, 5) is 51.3. The summed E-state index contributed by atoms with van der Waals surface area (Å²) in [5, 5.41) is 13.7. The number of hydrogen-bond acceptors (Lipinski definition) is 9. The maximum atomic E-state index is 13.3. The number of aromatic nitrogens is 2. The third kappa shape index (κ3) is 9.49. The second-order valence-corrected chi connectivity index (χ2v) is 12.1. The normalized spacial score (nSPS) is 18.3. The summed E-state index contributed by atoms with van der Waals surface area (Å²) < 4.78 is 11.0. The minimum atomic E-state index is -0.835. The van der Waals surface area contributed by atoms with Crippen LogP contribution in [0.2, 0.25) is 0 Å². The van der Waals surface area contributed by atoms with Crippen LogP contribution in [0.25, 0.3) is 0 Å². The molecule has 1 aromatic heterocycles. The first-order valence-corrected chi connectivity index (χ1v) is 14.3. The lowest BCUT2D eigenvalue weighted by molar-refractivity contribution is -0.151. The predicted molar refractivity (Wildman–Crippen MR) is 146 cm³/mol. The average Bonchev–Trinajstić information content (AvgIpc) is 3.34. The third-order valence-corrected chi connectivity index (χ3v) is 6.97. The molecule has 3 amide bonds.